The number of likely N-dealkylation sites (tertiary alicyclic amines) is 1. The summed E-state index contributed by atoms with van der Waals surface area (Å²) in [5, 5.41) is 17.2. The smallest absolute Gasteiger partial charge is 0.227 e. The maximum Gasteiger partial charge on any atom is 0.227 e. The molecule has 1 atom stereocenters. The van der Waals surface area contributed by atoms with Gasteiger partial charge < -0.3 is 25.4 Å². The van der Waals surface area contributed by atoms with Gasteiger partial charge in [-0.05, 0) is 68.7 Å². The molecule has 3 aromatic rings. The number of nitrogens with zero attached hydrogens (tertiary/aromatic N) is 4. The minimum absolute atomic E-state index is 0.0445. The first-order valence-electron chi connectivity index (χ1n) is 11.9. The van der Waals surface area contributed by atoms with Gasteiger partial charge in [-0.15, -0.1) is 0 Å². The number of rotatable bonds is 6. The summed E-state index contributed by atoms with van der Waals surface area (Å²) in [5.74, 6) is 2.38. The number of aliphatic hydroxyl groups excluding tert-OH is 1. The van der Waals surface area contributed by atoms with Crippen LogP contribution in [0, 0.1) is 0 Å². The summed E-state index contributed by atoms with van der Waals surface area (Å²) in [7, 11) is 3.81. The van der Waals surface area contributed by atoms with E-state index >= 15 is 0 Å². The second-order valence-corrected chi connectivity index (χ2v) is 10.1. The highest BCUT2D eigenvalue weighted by molar-refractivity contribution is 6.31. The fourth-order valence-electron chi connectivity index (χ4n) is 4.89. The second kappa shape index (κ2) is 9.60. The predicted octanol–water partition coefficient (Wildman–Crippen LogP) is 4.43. The maximum absolute atomic E-state index is 9.90. The Morgan fingerprint density at radius 2 is 2.06 bits per heavy atom. The predicted molar refractivity (Wildman–Crippen MR) is 139 cm³/mol. The van der Waals surface area contributed by atoms with E-state index in [0.29, 0.717) is 24.2 Å². The molecule has 0 amide bonds. The number of aromatic nitrogens is 3. The van der Waals surface area contributed by atoms with Crippen molar-refractivity contribution in [3.8, 4) is 17.0 Å². The molecule has 184 valence electrons. The molecule has 1 aromatic carbocycles. The molecule has 5 rings (SSSR count). The Kier molecular flexibility index (Phi) is 6.53. The number of nitrogens with one attached hydrogen (secondary N) is 2. The molecule has 2 aromatic heterocycles. The van der Waals surface area contributed by atoms with Gasteiger partial charge in [0, 0.05) is 40.5 Å². The van der Waals surface area contributed by atoms with Crippen LogP contribution in [0.15, 0.2) is 36.7 Å². The summed E-state index contributed by atoms with van der Waals surface area (Å²) in [6.45, 7) is 4.85. The van der Waals surface area contributed by atoms with Crippen LogP contribution in [-0.4, -0.2) is 65.4 Å². The first-order chi connectivity index (χ1) is 16.9. The van der Waals surface area contributed by atoms with Crippen LogP contribution in [0.1, 0.15) is 36.8 Å². The zero-order valence-electron chi connectivity index (χ0n) is 20.3. The fraction of sp³-hybridized carbons (Fsp3) is 0.423. The second-order valence-electron chi connectivity index (χ2n) is 9.73. The Morgan fingerprint density at radius 3 is 2.80 bits per heavy atom. The minimum atomic E-state index is -0.369. The van der Waals surface area contributed by atoms with Gasteiger partial charge in [0.1, 0.15) is 11.6 Å². The van der Waals surface area contributed by atoms with Crippen LogP contribution >= 0.6 is 11.6 Å². The number of anilines is 3. The van der Waals surface area contributed by atoms with Gasteiger partial charge in [0.05, 0.1) is 25.1 Å². The van der Waals surface area contributed by atoms with E-state index in [-0.39, 0.29) is 12.0 Å². The molecule has 8 nitrogen and oxygen atoms in total. The van der Waals surface area contributed by atoms with Gasteiger partial charge in [-0.2, -0.15) is 0 Å². The first-order valence-corrected chi connectivity index (χ1v) is 12.3. The highest BCUT2D eigenvalue weighted by Crippen LogP contribution is 2.40. The standard InChI is InChI=1S/C26H31ClN6O2/c1-26(15-34)14-30-24-19(26)10-17(13-29-24)21-4-7-28-25(31-21)32-22-12-20(27)18(11-23(22)35-3)16-5-8-33(2)9-6-16/h4,7,10-13,16,34H,5-6,8-9,14-15H2,1-3H3,(H,29,30)(H,28,31,32). The average Bonchev–Trinajstić information content (AvgIpc) is 3.21. The van der Waals surface area contributed by atoms with Gasteiger partial charge in [0.25, 0.3) is 0 Å². The quantitative estimate of drug-likeness (QED) is 0.463. The monoisotopic (exact) mass is 494 g/mol. The van der Waals surface area contributed by atoms with Crippen LogP contribution in [0.25, 0.3) is 11.3 Å². The van der Waals surface area contributed by atoms with E-state index in [1.54, 1.807) is 19.5 Å². The zero-order valence-corrected chi connectivity index (χ0v) is 21.1. The van der Waals surface area contributed by atoms with Gasteiger partial charge >= 0.3 is 0 Å². The topological polar surface area (TPSA) is 95.4 Å². The Hall–Kier alpha value is -2.94. The van der Waals surface area contributed by atoms with Crippen molar-refractivity contribution in [1.29, 1.82) is 0 Å². The summed E-state index contributed by atoms with van der Waals surface area (Å²) in [6.07, 6.45) is 5.66. The number of hydrogen-bond acceptors (Lipinski definition) is 8. The van der Waals surface area contributed by atoms with Crippen molar-refractivity contribution >= 4 is 29.1 Å². The molecule has 0 aliphatic carbocycles. The molecular formula is C26H31ClN6O2. The SMILES string of the molecule is COc1cc(C2CCN(C)CC2)c(Cl)cc1Nc1nccc(-c2cnc3c(c2)C(C)(CO)CN3)n1. The summed E-state index contributed by atoms with van der Waals surface area (Å²) in [6, 6.07) is 7.83. The highest BCUT2D eigenvalue weighted by atomic mass is 35.5. The summed E-state index contributed by atoms with van der Waals surface area (Å²) >= 11 is 6.73. The zero-order chi connectivity index (χ0) is 24.6. The summed E-state index contributed by atoms with van der Waals surface area (Å²) < 4.78 is 5.70. The molecule has 0 radical (unpaired) electrons. The van der Waals surface area contributed by atoms with Gasteiger partial charge in [0.15, 0.2) is 0 Å². The van der Waals surface area contributed by atoms with Crippen molar-refractivity contribution in [2.24, 2.45) is 0 Å². The van der Waals surface area contributed by atoms with Crippen LogP contribution < -0.4 is 15.4 Å². The van der Waals surface area contributed by atoms with Crippen molar-refractivity contribution in [3.63, 3.8) is 0 Å². The van der Waals surface area contributed by atoms with E-state index < -0.39 is 0 Å². The summed E-state index contributed by atoms with van der Waals surface area (Å²) in [4.78, 5) is 16.0. The van der Waals surface area contributed by atoms with E-state index in [4.69, 9.17) is 21.3 Å². The minimum Gasteiger partial charge on any atom is -0.495 e. The van der Waals surface area contributed by atoms with Gasteiger partial charge in [-0.3, -0.25) is 0 Å². The largest absolute Gasteiger partial charge is 0.495 e. The van der Waals surface area contributed by atoms with Crippen molar-refractivity contribution in [2.45, 2.75) is 31.1 Å². The van der Waals surface area contributed by atoms with Crippen molar-refractivity contribution < 1.29 is 9.84 Å². The lowest BCUT2D eigenvalue weighted by atomic mass is 9.85. The molecule has 4 heterocycles. The third-order valence-electron chi connectivity index (χ3n) is 7.21. The first kappa shape index (κ1) is 23.8. The molecule has 9 heteroatoms. The molecule has 1 unspecified atom stereocenters. The molecule has 2 aliphatic rings. The number of piperidine rings is 1. The maximum atomic E-state index is 9.90. The number of benzene rings is 1. The van der Waals surface area contributed by atoms with Crippen molar-refractivity contribution in [3.05, 3.63) is 52.8 Å². The van der Waals surface area contributed by atoms with E-state index in [2.05, 4.69) is 32.5 Å². The van der Waals surface area contributed by atoms with Crippen LogP contribution in [-0.2, 0) is 5.41 Å². The molecule has 0 bridgehead atoms. The third kappa shape index (κ3) is 4.66. The lowest BCUT2D eigenvalue weighted by molar-refractivity contribution is 0.218. The lowest BCUT2D eigenvalue weighted by Crippen LogP contribution is -2.29. The van der Waals surface area contributed by atoms with Crippen LogP contribution in [0.4, 0.5) is 17.5 Å². The summed E-state index contributed by atoms with van der Waals surface area (Å²) in [5.41, 5.74) is 4.06. The number of ether oxygens (including phenoxy) is 1. The Morgan fingerprint density at radius 1 is 1.26 bits per heavy atom. The molecule has 1 fully saturated rings. The van der Waals surface area contributed by atoms with Crippen LogP contribution in [0.5, 0.6) is 5.75 Å². The normalized spacial score (nSPS) is 20.4. The van der Waals surface area contributed by atoms with Gasteiger partial charge in [0.2, 0.25) is 5.95 Å². The Bertz CT molecular complexity index is 1230. The highest BCUT2D eigenvalue weighted by Gasteiger charge is 2.35. The van der Waals surface area contributed by atoms with Crippen molar-refractivity contribution in [2.75, 3.05) is 51.0 Å². The Labute approximate surface area is 210 Å². The fourth-order valence-corrected chi connectivity index (χ4v) is 5.21. The van der Waals surface area contributed by atoms with Crippen LogP contribution in [0.3, 0.4) is 0 Å². The molecule has 3 N–H and O–H groups in total. The van der Waals surface area contributed by atoms with Gasteiger partial charge in [-0.25, -0.2) is 15.0 Å². The molecule has 0 spiro atoms. The molecule has 0 saturated carbocycles. The van der Waals surface area contributed by atoms with E-state index in [0.717, 1.165) is 64.8 Å². The number of aliphatic hydroxyl groups is 1. The number of fused-ring (bicyclic) bond motifs is 1. The van der Waals surface area contributed by atoms with Gasteiger partial charge in [-0.1, -0.05) is 18.5 Å². The lowest BCUT2D eigenvalue weighted by Gasteiger charge is -2.30. The van der Waals surface area contributed by atoms with E-state index in [1.165, 1.54) is 0 Å². The average molecular weight is 495 g/mol. The molecular weight excluding hydrogens is 464 g/mol. The number of halogens is 1. The van der Waals surface area contributed by atoms with E-state index in [1.807, 2.05) is 31.2 Å². The molecule has 2 aliphatic heterocycles. The number of methoxy groups -OCH3 is 1. The van der Waals surface area contributed by atoms with E-state index in [9.17, 15) is 5.11 Å². The molecule has 1 saturated heterocycles. The third-order valence-corrected chi connectivity index (χ3v) is 7.54. The molecule has 35 heavy (non-hydrogen) atoms. The van der Waals surface area contributed by atoms with Crippen molar-refractivity contribution in [1.82, 2.24) is 19.9 Å². The number of hydrogen-bond donors (Lipinski definition) is 3. The Balaban J connectivity index is 1.41. The van der Waals surface area contributed by atoms with Crippen LogP contribution in [0.2, 0.25) is 5.02 Å². The number of pyridine rings is 1.